The summed E-state index contributed by atoms with van der Waals surface area (Å²) in [6.07, 6.45) is -4.14. The highest BCUT2D eigenvalue weighted by Crippen LogP contribution is 2.26. The zero-order valence-corrected chi connectivity index (χ0v) is 9.13. The molecule has 0 N–H and O–H groups in total. The average Bonchev–Trinajstić information content (AvgIpc) is 2.14. The number of carbonyl (C=O) groups excluding carboxylic acids is 1. The topological polar surface area (TPSA) is 23.6 Å². The molecule has 1 atom stereocenters. The first-order chi connectivity index (χ1) is 7.33. The molecule has 0 bridgehead atoms. The number of halogens is 3. The molecule has 0 aromatic heterocycles. The van der Waals surface area contributed by atoms with Gasteiger partial charge in [0.25, 0.3) is 0 Å². The largest absolute Gasteiger partial charge is 0.391 e. The van der Waals surface area contributed by atoms with Gasteiger partial charge in [0, 0.05) is 19.6 Å². The Labute approximate surface area is 92.5 Å². The van der Waals surface area contributed by atoms with Crippen LogP contribution in [0.3, 0.4) is 0 Å². The highest BCUT2D eigenvalue weighted by atomic mass is 19.4. The molecule has 16 heavy (non-hydrogen) atoms. The van der Waals surface area contributed by atoms with Crippen molar-refractivity contribution in [1.82, 2.24) is 9.80 Å². The number of amides is 1. The molecule has 1 aliphatic heterocycles. The van der Waals surface area contributed by atoms with E-state index < -0.39 is 24.5 Å². The molecule has 0 radical (unpaired) electrons. The molecule has 0 aromatic rings. The molecule has 1 heterocycles. The van der Waals surface area contributed by atoms with Gasteiger partial charge in [-0.05, 0) is 13.1 Å². The standard InChI is InChI=1S/C10H15F3N2O/c1-3-9(16)15-5-4-14(2)7-8(15)6-10(11,12)13/h3,8H,1,4-7H2,2H3. The van der Waals surface area contributed by atoms with E-state index in [1.54, 1.807) is 11.9 Å². The van der Waals surface area contributed by atoms with Crippen molar-refractivity contribution >= 4 is 5.91 Å². The predicted molar refractivity (Wildman–Crippen MR) is 53.9 cm³/mol. The van der Waals surface area contributed by atoms with Crippen molar-refractivity contribution in [1.29, 1.82) is 0 Å². The Kier molecular flexibility index (Phi) is 3.96. The van der Waals surface area contributed by atoms with Crippen molar-refractivity contribution in [3.05, 3.63) is 12.7 Å². The van der Waals surface area contributed by atoms with E-state index in [9.17, 15) is 18.0 Å². The minimum absolute atomic E-state index is 0.249. The van der Waals surface area contributed by atoms with Crippen LogP contribution in [0.2, 0.25) is 0 Å². The van der Waals surface area contributed by atoms with Crippen LogP contribution in [-0.2, 0) is 4.79 Å². The van der Waals surface area contributed by atoms with Gasteiger partial charge in [-0.1, -0.05) is 6.58 Å². The first-order valence-corrected chi connectivity index (χ1v) is 5.02. The minimum Gasteiger partial charge on any atom is -0.333 e. The lowest BCUT2D eigenvalue weighted by Crippen LogP contribution is -2.54. The van der Waals surface area contributed by atoms with Crippen molar-refractivity contribution in [3.8, 4) is 0 Å². The lowest BCUT2D eigenvalue weighted by atomic mass is 10.1. The van der Waals surface area contributed by atoms with E-state index in [2.05, 4.69) is 6.58 Å². The molecule has 1 unspecified atom stereocenters. The number of hydrogen-bond acceptors (Lipinski definition) is 2. The van der Waals surface area contributed by atoms with Crippen LogP contribution in [-0.4, -0.2) is 54.6 Å². The van der Waals surface area contributed by atoms with Gasteiger partial charge in [-0.2, -0.15) is 13.2 Å². The van der Waals surface area contributed by atoms with Gasteiger partial charge in [-0.3, -0.25) is 4.79 Å². The summed E-state index contributed by atoms with van der Waals surface area (Å²) in [4.78, 5) is 14.4. The molecule has 0 spiro atoms. The zero-order valence-electron chi connectivity index (χ0n) is 9.13. The third-order valence-electron chi connectivity index (χ3n) is 2.61. The fourth-order valence-corrected chi connectivity index (χ4v) is 1.86. The average molecular weight is 236 g/mol. The van der Waals surface area contributed by atoms with Crippen LogP contribution < -0.4 is 0 Å². The fraction of sp³-hybridized carbons (Fsp3) is 0.700. The summed E-state index contributed by atoms with van der Waals surface area (Å²) in [5.41, 5.74) is 0. The van der Waals surface area contributed by atoms with E-state index in [-0.39, 0.29) is 6.54 Å². The van der Waals surface area contributed by atoms with Gasteiger partial charge in [0.2, 0.25) is 5.91 Å². The lowest BCUT2D eigenvalue weighted by Gasteiger charge is -2.39. The van der Waals surface area contributed by atoms with Crippen LogP contribution in [0.15, 0.2) is 12.7 Å². The molecule has 3 nitrogen and oxygen atoms in total. The van der Waals surface area contributed by atoms with Crippen LogP contribution in [0.4, 0.5) is 13.2 Å². The summed E-state index contributed by atoms with van der Waals surface area (Å²) in [6.45, 7) is 4.46. The number of likely N-dealkylation sites (N-methyl/N-ethyl adjacent to an activating group) is 1. The van der Waals surface area contributed by atoms with Crippen LogP contribution in [0, 0.1) is 0 Å². The SMILES string of the molecule is C=CC(=O)N1CCN(C)CC1CC(F)(F)F. The Balaban J connectivity index is 2.73. The van der Waals surface area contributed by atoms with Crippen molar-refractivity contribution in [3.63, 3.8) is 0 Å². The fourth-order valence-electron chi connectivity index (χ4n) is 1.86. The molecule has 0 aliphatic carbocycles. The number of alkyl halides is 3. The maximum atomic E-state index is 12.3. The Morgan fingerprint density at radius 3 is 2.62 bits per heavy atom. The second-order valence-electron chi connectivity index (χ2n) is 3.97. The van der Waals surface area contributed by atoms with E-state index in [1.807, 2.05) is 0 Å². The first kappa shape index (κ1) is 13.0. The van der Waals surface area contributed by atoms with Gasteiger partial charge in [0.05, 0.1) is 12.5 Å². The van der Waals surface area contributed by atoms with Gasteiger partial charge in [0.1, 0.15) is 0 Å². The molecule has 6 heteroatoms. The van der Waals surface area contributed by atoms with E-state index in [0.29, 0.717) is 13.1 Å². The second kappa shape index (κ2) is 4.86. The minimum atomic E-state index is -4.25. The Morgan fingerprint density at radius 1 is 1.50 bits per heavy atom. The number of rotatable bonds is 2. The Bertz CT molecular complexity index is 278. The molecule has 92 valence electrons. The monoisotopic (exact) mass is 236 g/mol. The van der Waals surface area contributed by atoms with E-state index in [4.69, 9.17) is 0 Å². The van der Waals surface area contributed by atoms with E-state index >= 15 is 0 Å². The van der Waals surface area contributed by atoms with Gasteiger partial charge < -0.3 is 9.80 Å². The highest BCUT2D eigenvalue weighted by molar-refractivity contribution is 5.87. The third-order valence-corrected chi connectivity index (χ3v) is 2.61. The Morgan fingerprint density at radius 2 is 2.12 bits per heavy atom. The van der Waals surface area contributed by atoms with Gasteiger partial charge >= 0.3 is 6.18 Å². The number of carbonyl (C=O) groups is 1. The molecule has 1 amide bonds. The summed E-state index contributed by atoms with van der Waals surface area (Å²) >= 11 is 0. The molecular formula is C10H15F3N2O. The summed E-state index contributed by atoms with van der Waals surface area (Å²) in [5.74, 6) is -0.428. The molecular weight excluding hydrogens is 221 g/mol. The normalized spacial score (nSPS) is 23.2. The molecule has 1 saturated heterocycles. The van der Waals surface area contributed by atoms with Gasteiger partial charge in [0.15, 0.2) is 0 Å². The third kappa shape index (κ3) is 3.52. The Hall–Kier alpha value is -1.04. The number of hydrogen-bond donors (Lipinski definition) is 0. The highest BCUT2D eigenvalue weighted by Gasteiger charge is 2.38. The molecule has 1 fully saturated rings. The van der Waals surface area contributed by atoms with Crippen molar-refractivity contribution in [2.75, 3.05) is 26.7 Å². The van der Waals surface area contributed by atoms with Gasteiger partial charge in [-0.15, -0.1) is 0 Å². The van der Waals surface area contributed by atoms with Gasteiger partial charge in [-0.25, -0.2) is 0 Å². The predicted octanol–water partition coefficient (Wildman–Crippen LogP) is 1.27. The molecule has 1 rings (SSSR count). The summed E-state index contributed by atoms with van der Waals surface area (Å²) in [7, 11) is 1.75. The van der Waals surface area contributed by atoms with Crippen LogP contribution in [0.1, 0.15) is 6.42 Å². The van der Waals surface area contributed by atoms with E-state index in [0.717, 1.165) is 6.08 Å². The van der Waals surface area contributed by atoms with Crippen LogP contribution in [0.5, 0.6) is 0 Å². The van der Waals surface area contributed by atoms with Crippen molar-refractivity contribution < 1.29 is 18.0 Å². The lowest BCUT2D eigenvalue weighted by molar-refractivity contribution is -0.157. The number of nitrogens with zero attached hydrogens (tertiary/aromatic N) is 2. The maximum absolute atomic E-state index is 12.3. The summed E-state index contributed by atoms with van der Waals surface area (Å²) < 4.78 is 37.0. The van der Waals surface area contributed by atoms with Crippen LogP contribution in [0.25, 0.3) is 0 Å². The molecule has 0 saturated carbocycles. The molecule has 0 aromatic carbocycles. The quantitative estimate of drug-likeness (QED) is 0.674. The van der Waals surface area contributed by atoms with Crippen molar-refractivity contribution in [2.45, 2.75) is 18.6 Å². The van der Waals surface area contributed by atoms with E-state index in [1.165, 1.54) is 4.90 Å². The summed E-state index contributed by atoms with van der Waals surface area (Å²) in [6, 6.07) is -0.802. The number of piperazine rings is 1. The second-order valence-corrected chi connectivity index (χ2v) is 3.97. The van der Waals surface area contributed by atoms with Crippen molar-refractivity contribution in [2.24, 2.45) is 0 Å². The zero-order chi connectivity index (χ0) is 12.3. The summed E-state index contributed by atoms with van der Waals surface area (Å²) in [5, 5.41) is 0. The molecule has 1 aliphatic rings. The first-order valence-electron chi connectivity index (χ1n) is 5.02. The smallest absolute Gasteiger partial charge is 0.333 e. The van der Waals surface area contributed by atoms with Crippen LogP contribution >= 0.6 is 0 Å². The maximum Gasteiger partial charge on any atom is 0.391 e.